The zero-order valence-electron chi connectivity index (χ0n) is 11.5. The molecule has 0 fully saturated rings. The molecule has 0 amide bonds. The number of hydrazine groups is 1. The number of nitrogens with two attached hydrogens (primary N) is 1. The van der Waals surface area contributed by atoms with Gasteiger partial charge in [-0.15, -0.1) is 0 Å². The Morgan fingerprint density at radius 1 is 1.45 bits per heavy atom. The zero-order valence-corrected chi connectivity index (χ0v) is 15.3. The predicted octanol–water partition coefficient (Wildman–Crippen LogP) is 3.33. The SMILES string of the molecule is CCn1nc(C)cc1CC(NN)c1cc(I)ccc1Br. The van der Waals surface area contributed by atoms with E-state index in [1.807, 2.05) is 11.6 Å². The second kappa shape index (κ2) is 7.02. The van der Waals surface area contributed by atoms with Crippen LogP contribution in [0.2, 0.25) is 0 Å². The fourth-order valence-corrected chi connectivity index (χ4v) is 3.32. The lowest BCUT2D eigenvalue weighted by molar-refractivity contribution is 0.515. The summed E-state index contributed by atoms with van der Waals surface area (Å²) in [6.45, 7) is 4.98. The maximum absolute atomic E-state index is 5.77. The van der Waals surface area contributed by atoms with Crippen molar-refractivity contribution in [1.82, 2.24) is 15.2 Å². The van der Waals surface area contributed by atoms with Gasteiger partial charge in [-0.25, -0.2) is 0 Å². The van der Waals surface area contributed by atoms with Gasteiger partial charge in [0.1, 0.15) is 0 Å². The number of rotatable bonds is 5. The van der Waals surface area contributed by atoms with Crippen LogP contribution >= 0.6 is 38.5 Å². The van der Waals surface area contributed by atoms with E-state index in [1.54, 1.807) is 0 Å². The van der Waals surface area contributed by atoms with Gasteiger partial charge in [0.05, 0.1) is 11.7 Å². The highest BCUT2D eigenvalue weighted by Gasteiger charge is 2.17. The molecule has 1 aromatic heterocycles. The molecule has 0 aliphatic heterocycles. The van der Waals surface area contributed by atoms with Crippen LogP contribution in [-0.2, 0) is 13.0 Å². The molecule has 0 saturated heterocycles. The van der Waals surface area contributed by atoms with Crippen LogP contribution in [0, 0.1) is 10.5 Å². The highest BCUT2D eigenvalue weighted by molar-refractivity contribution is 14.1. The maximum atomic E-state index is 5.77. The molecule has 0 aliphatic carbocycles. The van der Waals surface area contributed by atoms with Crippen molar-refractivity contribution in [3.05, 3.63) is 49.3 Å². The third-order valence-electron chi connectivity index (χ3n) is 3.23. The summed E-state index contributed by atoms with van der Waals surface area (Å²) in [7, 11) is 0. The van der Waals surface area contributed by atoms with E-state index in [9.17, 15) is 0 Å². The lowest BCUT2D eigenvalue weighted by atomic mass is 10.0. The second-order valence-corrected chi connectivity index (χ2v) is 6.78. The van der Waals surface area contributed by atoms with Gasteiger partial charge in [-0.3, -0.25) is 16.0 Å². The number of hydrogen-bond acceptors (Lipinski definition) is 3. The topological polar surface area (TPSA) is 55.9 Å². The molecule has 6 heteroatoms. The normalized spacial score (nSPS) is 12.7. The minimum atomic E-state index is 0.0560. The smallest absolute Gasteiger partial charge is 0.0596 e. The highest BCUT2D eigenvalue weighted by atomic mass is 127. The van der Waals surface area contributed by atoms with Crippen LogP contribution in [0.1, 0.15) is 29.9 Å². The molecule has 1 heterocycles. The van der Waals surface area contributed by atoms with Gasteiger partial charge in [-0.1, -0.05) is 15.9 Å². The maximum Gasteiger partial charge on any atom is 0.0596 e. The van der Waals surface area contributed by atoms with Crippen LogP contribution in [-0.4, -0.2) is 9.78 Å². The Hall–Kier alpha value is -0.440. The third kappa shape index (κ3) is 3.60. The number of benzene rings is 1. The first-order valence-corrected chi connectivity index (χ1v) is 8.36. The van der Waals surface area contributed by atoms with Crippen molar-refractivity contribution in [3.8, 4) is 0 Å². The van der Waals surface area contributed by atoms with E-state index in [0.29, 0.717) is 0 Å². The van der Waals surface area contributed by atoms with Crippen LogP contribution in [0.15, 0.2) is 28.7 Å². The largest absolute Gasteiger partial charge is 0.271 e. The van der Waals surface area contributed by atoms with E-state index in [-0.39, 0.29) is 6.04 Å². The minimum absolute atomic E-state index is 0.0560. The van der Waals surface area contributed by atoms with E-state index in [1.165, 1.54) is 14.8 Å². The molecule has 0 aliphatic rings. The van der Waals surface area contributed by atoms with E-state index in [0.717, 1.165) is 23.1 Å². The summed E-state index contributed by atoms with van der Waals surface area (Å²) in [6, 6.07) is 8.46. The molecule has 20 heavy (non-hydrogen) atoms. The summed E-state index contributed by atoms with van der Waals surface area (Å²) in [5, 5.41) is 4.48. The fraction of sp³-hybridized carbons (Fsp3) is 0.357. The summed E-state index contributed by atoms with van der Waals surface area (Å²) >= 11 is 5.92. The monoisotopic (exact) mass is 448 g/mol. The van der Waals surface area contributed by atoms with Crippen molar-refractivity contribution in [1.29, 1.82) is 0 Å². The standard InChI is InChI=1S/C14H18BrIN4/c1-3-20-11(6-9(2)19-20)8-14(18-17)12-7-10(16)4-5-13(12)15/h4-7,14,18H,3,8,17H2,1-2H3. The Morgan fingerprint density at radius 2 is 2.20 bits per heavy atom. The molecule has 0 spiro atoms. The molecule has 0 saturated carbocycles. The van der Waals surface area contributed by atoms with Gasteiger partial charge in [-0.05, 0) is 66.3 Å². The number of halogens is 2. The van der Waals surface area contributed by atoms with Crippen molar-refractivity contribution < 1.29 is 0 Å². The Bertz CT molecular complexity index is 597. The molecule has 1 atom stereocenters. The summed E-state index contributed by atoms with van der Waals surface area (Å²) in [5.41, 5.74) is 6.32. The average Bonchev–Trinajstić information content (AvgIpc) is 2.79. The van der Waals surface area contributed by atoms with E-state index in [4.69, 9.17) is 5.84 Å². The van der Waals surface area contributed by atoms with Crippen LogP contribution in [0.25, 0.3) is 0 Å². The molecule has 108 valence electrons. The predicted molar refractivity (Wildman–Crippen MR) is 93.3 cm³/mol. The molecule has 0 radical (unpaired) electrons. The molecule has 1 aromatic carbocycles. The second-order valence-electron chi connectivity index (χ2n) is 4.68. The van der Waals surface area contributed by atoms with Gasteiger partial charge in [0.2, 0.25) is 0 Å². The van der Waals surface area contributed by atoms with Crippen LogP contribution in [0.4, 0.5) is 0 Å². The van der Waals surface area contributed by atoms with E-state index < -0.39 is 0 Å². The summed E-state index contributed by atoms with van der Waals surface area (Å²) in [5.74, 6) is 5.77. The first kappa shape index (κ1) is 15.9. The van der Waals surface area contributed by atoms with Gasteiger partial charge in [0, 0.05) is 26.7 Å². The van der Waals surface area contributed by atoms with Crippen LogP contribution < -0.4 is 11.3 Å². The molecule has 3 N–H and O–H groups in total. The number of aryl methyl sites for hydroxylation is 2. The molecule has 1 unspecified atom stereocenters. The van der Waals surface area contributed by atoms with Gasteiger partial charge >= 0.3 is 0 Å². The van der Waals surface area contributed by atoms with E-state index in [2.05, 4.69) is 80.2 Å². The summed E-state index contributed by atoms with van der Waals surface area (Å²) in [4.78, 5) is 0. The van der Waals surface area contributed by atoms with Gasteiger partial charge in [0.15, 0.2) is 0 Å². The van der Waals surface area contributed by atoms with Crippen LogP contribution in [0.3, 0.4) is 0 Å². The molecular formula is C14H18BrIN4. The molecule has 2 rings (SSSR count). The molecular weight excluding hydrogens is 431 g/mol. The number of aromatic nitrogens is 2. The Balaban J connectivity index is 2.30. The molecule has 4 nitrogen and oxygen atoms in total. The molecule has 0 bridgehead atoms. The van der Waals surface area contributed by atoms with Gasteiger partial charge in [0.25, 0.3) is 0 Å². The highest BCUT2D eigenvalue weighted by Crippen LogP contribution is 2.27. The average molecular weight is 449 g/mol. The first-order valence-electron chi connectivity index (χ1n) is 6.49. The number of hydrogen-bond donors (Lipinski definition) is 2. The first-order chi connectivity index (χ1) is 9.55. The van der Waals surface area contributed by atoms with Crippen molar-refractivity contribution in [2.75, 3.05) is 0 Å². The Morgan fingerprint density at radius 3 is 2.85 bits per heavy atom. The Labute approximate surface area is 141 Å². The number of nitrogens with zero attached hydrogens (tertiary/aromatic N) is 2. The zero-order chi connectivity index (χ0) is 14.7. The van der Waals surface area contributed by atoms with E-state index >= 15 is 0 Å². The Kier molecular flexibility index (Phi) is 5.59. The lowest BCUT2D eigenvalue weighted by Gasteiger charge is -2.18. The van der Waals surface area contributed by atoms with Crippen molar-refractivity contribution in [2.45, 2.75) is 32.9 Å². The minimum Gasteiger partial charge on any atom is -0.271 e. The summed E-state index contributed by atoms with van der Waals surface area (Å²) in [6.07, 6.45) is 0.809. The fourth-order valence-electron chi connectivity index (χ4n) is 2.29. The van der Waals surface area contributed by atoms with Gasteiger partial charge in [-0.2, -0.15) is 5.10 Å². The van der Waals surface area contributed by atoms with Crippen molar-refractivity contribution >= 4 is 38.5 Å². The van der Waals surface area contributed by atoms with Gasteiger partial charge < -0.3 is 0 Å². The summed E-state index contributed by atoms with van der Waals surface area (Å²) < 4.78 is 4.29. The van der Waals surface area contributed by atoms with Crippen molar-refractivity contribution in [3.63, 3.8) is 0 Å². The quantitative estimate of drug-likeness (QED) is 0.419. The molecule has 2 aromatic rings. The number of nitrogens with one attached hydrogen (secondary N) is 1. The van der Waals surface area contributed by atoms with Crippen molar-refractivity contribution in [2.24, 2.45) is 5.84 Å². The van der Waals surface area contributed by atoms with Crippen LogP contribution in [0.5, 0.6) is 0 Å². The lowest BCUT2D eigenvalue weighted by Crippen LogP contribution is -2.30. The third-order valence-corrected chi connectivity index (χ3v) is 4.63.